The van der Waals surface area contributed by atoms with E-state index in [4.69, 9.17) is 0 Å². The van der Waals surface area contributed by atoms with Crippen LogP contribution in [0.5, 0.6) is 0 Å². The second kappa shape index (κ2) is 17.1. The SMILES string of the molecule is N#Cc1c(-n2c3ccccc3c3ccccc32)c(-n2c3ccccc3c3ccccc32)c(-c2ccc3c(c2)-c2ccccc2C32c3ccccc3-c3ccccc32)c(-n2c3ccccc3c3ccccc32)c1-n1c2ccccc2c2ccccc21. The molecule has 1 spiro atoms. The molecule has 0 unspecified atom stereocenters. The summed E-state index contributed by atoms with van der Waals surface area (Å²) in [6.45, 7) is 0. The van der Waals surface area contributed by atoms with Crippen LogP contribution in [0.15, 0.2) is 285 Å². The minimum Gasteiger partial charge on any atom is -0.306 e. The van der Waals surface area contributed by atoms with E-state index >= 15 is 0 Å². The molecule has 4 aromatic heterocycles. The fourth-order valence-corrected chi connectivity index (χ4v) is 15.9. The van der Waals surface area contributed by atoms with Gasteiger partial charge in [0.05, 0.1) is 72.3 Å². The lowest BCUT2D eigenvalue weighted by molar-refractivity contribution is 0.794. The van der Waals surface area contributed by atoms with Crippen molar-refractivity contribution < 1.29 is 0 Å². The Labute approximate surface area is 488 Å². The van der Waals surface area contributed by atoms with Crippen LogP contribution in [-0.4, -0.2) is 18.3 Å². The van der Waals surface area contributed by atoms with Crippen LogP contribution in [0.25, 0.3) is 143 Å². The van der Waals surface area contributed by atoms with Gasteiger partial charge >= 0.3 is 0 Å². The molecule has 0 N–H and O–H groups in total. The summed E-state index contributed by atoms with van der Waals surface area (Å²) in [5.41, 5.74) is 23.6. The summed E-state index contributed by atoms with van der Waals surface area (Å²) < 4.78 is 9.84. The standard InChI is InChI=1S/C80H47N5/c81-48-62-76(82-67-37-15-4-26-53(67)54-27-5-16-38-68(54)82)78(84-71-41-19-8-30-57(71)58-31-9-20-42-72(58)84)75(49-45-46-66-61(47-49)52-25-3-14-36-65(52)80(66)63-34-12-1-23-50(63)51-24-2-13-35-64(51)80)79(85-73-43-21-10-32-59(73)60-33-11-22-44-74(60)85)77(62)83-69-39-17-6-28-55(69)56-29-7-18-40-70(56)83/h1-47H. The summed E-state index contributed by atoms with van der Waals surface area (Å²) in [6, 6.07) is 108. The van der Waals surface area contributed by atoms with E-state index in [-0.39, 0.29) is 0 Å². The topological polar surface area (TPSA) is 43.5 Å². The molecule has 4 heterocycles. The fourth-order valence-electron chi connectivity index (χ4n) is 15.9. The highest BCUT2D eigenvalue weighted by Gasteiger charge is 2.51. The number of hydrogen-bond donors (Lipinski definition) is 0. The number of hydrogen-bond acceptors (Lipinski definition) is 1. The molecule has 5 nitrogen and oxygen atoms in total. The van der Waals surface area contributed by atoms with Crippen LogP contribution in [0, 0.1) is 11.3 Å². The third-order valence-electron chi connectivity index (χ3n) is 19.0. The normalized spacial score (nSPS) is 13.0. The molecule has 85 heavy (non-hydrogen) atoms. The number of nitrogens with zero attached hydrogens (tertiary/aromatic N) is 5. The first-order valence-electron chi connectivity index (χ1n) is 29.2. The average Bonchev–Trinajstić information content (AvgIpc) is 1.59. The smallest absolute Gasteiger partial charge is 0.104 e. The number of rotatable bonds is 5. The summed E-state index contributed by atoms with van der Waals surface area (Å²) in [7, 11) is 0. The Morgan fingerprint density at radius 3 is 0.800 bits per heavy atom. The van der Waals surface area contributed by atoms with Crippen molar-refractivity contribution >= 4 is 87.2 Å². The largest absolute Gasteiger partial charge is 0.306 e. The van der Waals surface area contributed by atoms with Crippen LogP contribution in [0.1, 0.15) is 27.8 Å². The minimum atomic E-state index is -0.560. The average molecular weight is 1080 g/mol. The Morgan fingerprint density at radius 2 is 0.494 bits per heavy atom. The van der Waals surface area contributed by atoms with Crippen molar-refractivity contribution in [3.63, 3.8) is 0 Å². The van der Waals surface area contributed by atoms with E-state index in [2.05, 4.69) is 309 Å². The van der Waals surface area contributed by atoms with E-state index in [0.717, 1.165) is 121 Å². The molecule has 0 saturated carbocycles. The van der Waals surface area contributed by atoms with Crippen molar-refractivity contribution in [2.75, 3.05) is 0 Å². The van der Waals surface area contributed by atoms with Gasteiger partial charge in [0, 0.05) is 48.7 Å². The van der Waals surface area contributed by atoms with Crippen molar-refractivity contribution in [3.05, 3.63) is 313 Å². The number of fused-ring (bicyclic) bond motifs is 22. The second-order valence-electron chi connectivity index (χ2n) is 22.9. The maximum absolute atomic E-state index is 13.1. The lowest BCUT2D eigenvalue weighted by Crippen LogP contribution is -2.25. The molecule has 5 heteroatoms. The van der Waals surface area contributed by atoms with Gasteiger partial charge in [-0.05, 0) is 105 Å². The summed E-state index contributed by atoms with van der Waals surface area (Å²) in [5, 5.41) is 22.0. The first-order chi connectivity index (χ1) is 42.2. The van der Waals surface area contributed by atoms with Gasteiger partial charge in [-0.15, -0.1) is 0 Å². The van der Waals surface area contributed by atoms with Crippen LogP contribution in [0.2, 0.25) is 0 Å². The van der Waals surface area contributed by atoms with Crippen molar-refractivity contribution in [1.29, 1.82) is 5.26 Å². The van der Waals surface area contributed by atoms with E-state index in [1.54, 1.807) is 0 Å². The highest BCUT2D eigenvalue weighted by Crippen LogP contribution is 2.64. The minimum absolute atomic E-state index is 0.542. The van der Waals surface area contributed by atoms with Crippen LogP contribution in [-0.2, 0) is 5.41 Å². The van der Waals surface area contributed by atoms with Gasteiger partial charge in [-0.25, -0.2) is 0 Å². The Kier molecular flexibility index (Phi) is 9.27. The molecular formula is C80H47N5. The molecule has 0 fully saturated rings. The van der Waals surface area contributed by atoms with Crippen LogP contribution in [0.4, 0.5) is 0 Å². The molecule has 0 amide bonds. The predicted molar refractivity (Wildman–Crippen MR) is 350 cm³/mol. The first kappa shape index (κ1) is 46.2. The molecular weight excluding hydrogens is 1030 g/mol. The van der Waals surface area contributed by atoms with Gasteiger partial charge in [-0.1, -0.05) is 231 Å². The highest BCUT2D eigenvalue weighted by molar-refractivity contribution is 6.17. The molecule has 0 saturated heterocycles. The molecule has 0 atom stereocenters. The van der Waals surface area contributed by atoms with Gasteiger partial charge in [0.15, 0.2) is 0 Å². The molecule has 392 valence electrons. The van der Waals surface area contributed by atoms with Crippen LogP contribution in [0.3, 0.4) is 0 Å². The van der Waals surface area contributed by atoms with Gasteiger partial charge in [0.2, 0.25) is 0 Å². The molecule has 0 aliphatic heterocycles. The van der Waals surface area contributed by atoms with Crippen LogP contribution >= 0.6 is 0 Å². The maximum atomic E-state index is 13.1. The summed E-state index contributed by atoms with van der Waals surface area (Å²) in [6.07, 6.45) is 0. The Bertz CT molecular complexity index is 5320. The molecule has 0 bridgehead atoms. The third kappa shape index (κ3) is 5.85. The van der Waals surface area contributed by atoms with Gasteiger partial charge < -0.3 is 18.3 Å². The molecule has 13 aromatic carbocycles. The van der Waals surface area contributed by atoms with E-state index < -0.39 is 5.41 Å². The van der Waals surface area contributed by atoms with Crippen molar-refractivity contribution in [1.82, 2.24) is 18.3 Å². The Hall–Kier alpha value is -11.5. The third-order valence-corrected chi connectivity index (χ3v) is 19.0. The zero-order valence-corrected chi connectivity index (χ0v) is 45.9. The van der Waals surface area contributed by atoms with E-state index in [0.29, 0.717) is 5.56 Å². The van der Waals surface area contributed by atoms with Gasteiger partial charge in [0.25, 0.3) is 0 Å². The van der Waals surface area contributed by atoms with E-state index in [9.17, 15) is 5.26 Å². The lowest BCUT2D eigenvalue weighted by Gasteiger charge is -2.31. The van der Waals surface area contributed by atoms with Crippen molar-refractivity contribution in [2.24, 2.45) is 0 Å². The zero-order chi connectivity index (χ0) is 55.6. The highest BCUT2D eigenvalue weighted by atomic mass is 15.1. The molecule has 17 aromatic rings. The molecule has 2 aliphatic carbocycles. The maximum Gasteiger partial charge on any atom is 0.104 e. The quantitative estimate of drug-likeness (QED) is 0.169. The van der Waals surface area contributed by atoms with Gasteiger partial charge in [-0.2, -0.15) is 5.26 Å². The molecule has 0 radical (unpaired) electrons. The second-order valence-corrected chi connectivity index (χ2v) is 22.9. The number of nitriles is 1. The Balaban J connectivity index is 1.11. The van der Waals surface area contributed by atoms with Crippen molar-refractivity contribution in [3.8, 4) is 62.2 Å². The number of aromatic nitrogens is 4. The summed E-state index contributed by atoms with van der Waals surface area (Å²) in [4.78, 5) is 0. The van der Waals surface area contributed by atoms with Crippen LogP contribution < -0.4 is 0 Å². The number of benzene rings is 13. The molecule has 2 aliphatic rings. The number of para-hydroxylation sites is 8. The first-order valence-corrected chi connectivity index (χ1v) is 29.2. The summed E-state index contributed by atoms with van der Waals surface area (Å²) in [5.74, 6) is 0. The predicted octanol–water partition coefficient (Wildman–Crippen LogP) is 20.0. The van der Waals surface area contributed by atoms with Crippen molar-refractivity contribution in [2.45, 2.75) is 5.41 Å². The molecule has 19 rings (SSSR count). The van der Waals surface area contributed by atoms with E-state index in [1.807, 2.05) is 0 Å². The van der Waals surface area contributed by atoms with Gasteiger partial charge in [0.1, 0.15) is 11.6 Å². The summed E-state index contributed by atoms with van der Waals surface area (Å²) >= 11 is 0. The monoisotopic (exact) mass is 1080 g/mol. The lowest BCUT2D eigenvalue weighted by atomic mass is 9.70. The Morgan fingerprint density at radius 1 is 0.247 bits per heavy atom. The fraction of sp³-hybridized carbons (Fsp3) is 0.0125. The van der Waals surface area contributed by atoms with E-state index in [1.165, 1.54) is 44.5 Å². The van der Waals surface area contributed by atoms with Gasteiger partial charge in [-0.3, -0.25) is 0 Å². The zero-order valence-electron chi connectivity index (χ0n) is 45.9.